The topological polar surface area (TPSA) is 45.2 Å². The first-order valence-electron chi connectivity index (χ1n) is 6.77. The summed E-state index contributed by atoms with van der Waals surface area (Å²) in [6.45, 7) is 0.757. The molecule has 0 unspecified atom stereocenters. The van der Waals surface area contributed by atoms with E-state index in [1.165, 1.54) is 6.07 Å². The molecule has 22 heavy (non-hydrogen) atoms. The van der Waals surface area contributed by atoms with Gasteiger partial charge in [-0.1, -0.05) is 22.0 Å². The van der Waals surface area contributed by atoms with Crippen molar-refractivity contribution in [2.75, 3.05) is 19.4 Å². The maximum absolute atomic E-state index is 13.7. The van der Waals surface area contributed by atoms with Gasteiger partial charge in [-0.2, -0.15) is 0 Å². The molecule has 0 aliphatic heterocycles. The van der Waals surface area contributed by atoms with Crippen LogP contribution in [0.1, 0.15) is 11.1 Å². The van der Waals surface area contributed by atoms with Gasteiger partial charge in [0.05, 0.1) is 6.42 Å². The Balaban J connectivity index is 2.02. The van der Waals surface area contributed by atoms with Crippen LogP contribution in [0.15, 0.2) is 41.0 Å². The van der Waals surface area contributed by atoms with E-state index in [9.17, 15) is 9.18 Å². The van der Waals surface area contributed by atoms with E-state index < -0.39 is 5.82 Å². The Morgan fingerprint density at radius 1 is 1.32 bits per heavy atom. The second-order valence-electron chi connectivity index (χ2n) is 5.25. The molecule has 1 aromatic carbocycles. The third-order valence-electron chi connectivity index (χ3n) is 2.96. The lowest BCUT2D eigenvalue weighted by Gasteiger charge is -2.11. The zero-order valence-electron chi connectivity index (χ0n) is 12.4. The normalized spacial score (nSPS) is 10.8. The third-order valence-corrected chi connectivity index (χ3v) is 3.45. The van der Waals surface area contributed by atoms with Crippen LogP contribution in [0.25, 0.3) is 0 Å². The van der Waals surface area contributed by atoms with Crippen molar-refractivity contribution < 1.29 is 9.18 Å². The zero-order valence-corrected chi connectivity index (χ0v) is 14.0. The van der Waals surface area contributed by atoms with Crippen LogP contribution in [-0.2, 0) is 17.8 Å². The van der Waals surface area contributed by atoms with Crippen LogP contribution in [0.2, 0.25) is 0 Å². The SMILES string of the molecule is CN(C)Cc1ccnc(NC(=O)Cc2ccc(Br)cc2F)c1. The highest BCUT2D eigenvalue weighted by atomic mass is 79.9. The van der Waals surface area contributed by atoms with Gasteiger partial charge in [-0.15, -0.1) is 0 Å². The van der Waals surface area contributed by atoms with Crippen LogP contribution in [-0.4, -0.2) is 29.9 Å². The molecule has 2 aromatic rings. The van der Waals surface area contributed by atoms with Gasteiger partial charge in [0, 0.05) is 17.2 Å². The van der Waals surface area contributed by atoms with Crippen molar-refractivity contribution in [2.24, 2.45) is 0 Å². The quantitative estimate of drug-likeness (QED) is 0.884. The molecule has 0 atom stereocenters. The van der Waals surface area contributed by atoms with E-state index in [1.807, 2.05) is 31.1 Å². The van der Waals surface area contributed by atoms with Crippen LogP contribution in [0, 0.1) is 5.82 Å². The molecule has 1 amide bonds. The number of hydrogen-bond donors (Lipinski definition) is 1. The fourth-order valence-electron chi connectivity index (χ4n) is 2.03. The molecule has 0 fully saturated rings. The maximum Gasteiger partial charge on any atom is 0.230 e. The summed E-state index contributed by atoms with van der Waals surface area (Å²) in [5.41, 5.74) is 1.40. The highest BCUT2D eigenvalue weighted by molar-refractivity contribution is 9.10. The molecule has 0 aliphatic carbocycles. The molecular formula is C16H17BrFN3O. The Hall–Kier alpha value is -1.79. The Bertz CT molecular complexity index is 676. The van der Waals surface area contributed by atoms with Gasteiger partial charge in [0.1, 0.15) is 11.6 Å². The Labute approximate surface area is 137 Å². The molecule has 116 valence electrons. The Morgan fingerprint density at radius 2 is 2.09 bits per heavy atom. The lowest BCUT2D eigenvalue weighted by atomic mass is 10.1. The van der Waals surface area contributed by atoms with E-state index in [4.69, 9.17) is 0 Å². The molecule has 0 saturated carbocycles. The molecule has 2 rings (SSSR count). The molecular weight excluding hydrogens is 349 g/mol. The number of amides is 1. The molecule has 4 nitrogen and oxygen atoms in total. The van der Waals surface area contributed by atoms with Crippen LogP contribution in [0.4, 0.5) is 10.2 Å². The summed E-state index contributed by atoms with van der Waals surface area (Å²) in [5, 5.41) is 2.70. The monoisotopic (exact) mass is 365 g/mol. The summed E-state index contributed by atoms with van der Waals surface area (Å²) < 4.78 is 14.4. The number of halogens is 2. The van der Waals surface area contributed by atoms with Gasteiger partial charge in [-0.05, 0) is 49.5 Å². The standard InChI is InChI=1S/C16H17BrFN3O/c1-21(2)10-11-5-6-19-15(7-11)20-16(22)8-12-3-4-13(17)9-14(12)18/h3-7,9H,8,10H2,1-2H3,(H,19,20,22). The fraction of sp³-hybridized carbons (Fsp3) is 0.250. The number of hydrogen-bond acceptors (Lipinski definition) is 3. The number of carbonyl (C=O) groups is 1. The molecule has 1 aromatic heterocycles. The van der Waals surface area contributed by atoms with Gasteiger partial charge >= 0.3 is 0 Å². The van der Waals surface area contributed by atoms with Gasteiger partial charge in [-0.3, -0.25) is 4.79 Å². The average molecular weight is 366 g/mol. The third kappa shape index (κ3) is 4.89. The molecule has 6 heteroatoms. The first-order chi connectivity index (χ1) is 10.4. The maximum atomic E-state index is 13.7. The van der Waals surface area contributed by atoms with Gasteiger partial charge in [-0.25, -0.2) is 9.37 Å². The predicted molar refractivity (Wildman–Crippen MR) is 88.1 cm³/mol. The van der Waals surface area contributed by atoms with Gasteiger partial charge in [0.25, 0.3) is 0 Å². The molecule has 0 spiro atoms. The number of nitrogens with zero attached hydrogens (tertiary/aromatic N) is 2. The first kappa shape index (κ1) is 16.6. The van der Waals surface area contributed by atoms with E-state index in [2.05, 4.69) is 26.2 Å². The summed E-state index contributed by atoms with van der Waals surface area (Å²) in [7, 11) is 3.93. The van der Waals surface area contributed by atoms with Crippen molar-refractivity contribution >= 4 is 27.7 Å². The number of carbonyl (C=O) groups excluding carboxylic acids is 1. The number of aromatic nitrogens is 1. The van der Waals surface area contributed by atoms with Crippen LogP contribution in [0.5, 0.6) is 0 Å². The number of nitrogens with one attached hydrogen (secondary N) is 1. The summed E-state index contributed by atoms with van der Waals surface area (Å²) in [5.74, 6) is -0.226. The molecule has 0 aliphatic rings. The van der Waals surface area contributed by atoms with Crippen molar-refractivity contribution in [2.45, 2.75) is 13.0 Å². The van der Waals surface area contributed by atoms with Crippen LogP contribution in [0.3, 0.4) is 0 Å². The molecule has 1 N–H and O–H groups in total. The second-order valence-corrected chi connectivity index (χ2v) is 6.16. The summed E-state index contributed by atoms with van der Waals surface area (Å²) >= 11 is 3.19. The molecule has 1 heterocycles. The zero-order chi connectivity index (χ0) is 16.1. The average Bonchev–Trinajstić information content (AvgIpc) is 2.41. The van der Waals surface area contributed by atoms with E-state index in [0.717, 1.165) is 12.1 Å². The highest BCUT2D eigenvalue weighted by Crippen LogP contribution is 2.16. The van der Waals surface area contributed by atoms with Gasteiger partial charge in [0.2, 0.25) is 5.91 Å². The number of anilines is 1. The van der Waals surface area contributed by atoms with E-state index in [1.54, 1.807) is 18.3 Å². The summed E-state index contributed by atoms with van der Waals surface area (Å²) in [6, 6.07) is 8.36. The smallest absolute Gasteiger partial charge is 0.230 e. The highest BCUT2D eigenvalue weighted by Gasteiger charge is 2.10. The van der Waals surface area contributed by atoms with Crippen molar-refractivity contribution in [3.05, 3.63) is 57.9 Å². The lowest BCUT2D eigenvalue weighted by molar-refractivity contribution is -0.115. The summed E-state index contributed by atoms with van der Waals surface area (Å²) in [6.07, 6.45) is 1.62. The Kier molecular flexibility index (Phi) is 5.63. The molecule has 0 saturated heterocycles. The van der Waals surface area contributed by atoms with Crippen LogP contribution >= 0.6 is 15.9 Å². The van der Waals surface area contributed by atoms with E-state index >= 15 is 0 Å². The van der Waals surface area contributed by atoms with Gasteiger partial charge in [0.15, 0.2) is 0 Å². The van der Waals surface area contributed by atoms with Crippen molar-refractivity contribution in [1.82, 2.24) is 9.88 Å². The number of pyridine rings is 1. The largest absolute Gasteiger partial charge is 0.310 e. The van der Waals surface area contributed by atoms with E-state index in [0.29, 0.717) is 15.9 Å². The predicted octanol–water partition coefficient (Wildman–Crippen LogP) is 3.23. The minimum Gasteiger partial charge on any atom is -0.310 e. The molecule has 0 radical (unpaired) electrons. The fourth-order valence-corrected chi connectivity index (χ4v) is 2.36. The Morgan fingerprint density at radius 3 is 2.77 bits per heavy atom. The van der Waals surface area contributed by atoms with E-state index in [-0.39, 0.29) is 12.3 Å². The van der Waals surface area contributed by atoms with Crippen LogP contribution < -0.4 is 5.32 Å². The minimum absolute atomic E-state index is 0.0291. The van der Waals surface area contributed by atoms with Gasteiger partial charge < -0.3 is 10.2 Å². The number of benzene rings is 1. The van der Waals surface area contributed by atoms with Crippen molar-refractivity contribution in [3.8, 4) is 0 Å². The second kappa shape index (κ2) is 7.47. The lowest BCUT2D eigenvalue weighted by Crippen LogP contribution is -2.17. The first-order valence-corrected chi connectivity index (χ1v) is 7.57. The summed E-state index contributed by atoms with van der Waals surface area (Å²) in [4.78, 5) is 18.2. The minimum atomic E-state index is -0.404. The van der Waals surface area contributed by atoms with Crippen molar-refractivity contribution in [1.29, 1.82) is 0 Å². The number of rotatable bonds is 5. The van der Waals surface area contributed by atoms with Crippen molar-refractivity contribution in [3.63, 3.8) is 0 Å². The molecule has 0 bridgehead atoms.